The number of carbonyl (C=O) groups is 1. The maximum Gasteiger partial charge on any atom is 0.188 e. The highest BCUT2D eigenvalue weighted by Crippen LogP contribution is 2.45. The van der Waals surface area contributed by atoms with Gasteiger partial charge in [-0.05, 0) is 82.9 Å². The average molecular weight is 401 g/mol. The van der Waals surface area contributed by atoms with Crippen LogP contribution in [0.1, 0.15) is 66.9 Å². The van der Waals surface area contributed by atoms with Crippen LogP contribution < -0.4 is 0 Å². The van der Waals surface area contributed by atoms with Crippen molar-refractivity contribution in [3.05, 3.63) is 33.0 Å². The van der Waals surface area contributed by atoms with Gasteiger partial charge in [0.05, 0.1) is 5.56 Å². The standard InChI is InChI=1S/C18H26BrFO2Si/c1-18(2,23(3,4)22)9-5-6-12-7-8-13-10-15(20)14(11-21)17(19)16(12)13/h10-12,22H,5-9H2,1-4H3. The minimum Gasteiger partial charge on any atom is -0.432 e. The molecule has 0 radical (unpaired) electrons. The van der Waals surface area contributed by atoms with Crippen LogP contribution in [0.2, 0.25) is 18.1 Å². The van der Waals surface area contributed by atoms with Gasteiger partial charge < -0.3 is 4.80 Å². The van der Waals surface area contributed by atoms with Gasteiger partial charge in [-0.3, -0.25) is 4.79 Å². The van der Waals surface area contributed by atoms with E-state index in [4.69, 9.17) is 0 Å². The molecule has 0 spiro atoms. The fourth-order valence-corrected chi connectivity index (χ4v) is 4.96. The van der Waals surface area contributed by atoms with Crippen LogP contribution in [0, 0.1) is 5.82 Å². The zero-order valence-electron chi connectivity index (χ0n) is 14.4. The van der Waals surface area contributed by atoms with Crippen LogP contribution in [0.15, 0.2) is 10.5 Å². The van der Waals surface area contributed by atoms with E-state index in [1.165, 1.54) is 6.07 Å². The molecule has 0 aliphatic heterocycles. The van der Waals surface area contributed by atoms with Crippen LogP contribution >= 0.6 is 15.9 Å². The van der Waals surface area contributed by atoms with E-state index in [0.717, 1.165) is 43.2 Å². The van der Waals surface area contributed by atoms with E-state index in [-0.39, 0.29) is 10.6 Å². The summed E-state index contributed by atoms with van der Waals surface area (Å²) in [6.07, 6.45) is 5.53. The first-order valence-corrected chi connectivity index (χ1v) is 12.0. The maximum atomic E-state index is 13.9. The van der Waals surface area contributed by atoms with Crippen molar-refractivity contribution in [2.24, 2.45) is 0 Å². The number of hydrogen-bond donors (Lipinski definition) is 1. The van der Waals surface area contributed by atoms with Crippen molar-refractivity contribution in [1.29, 1.82) is 0 Å². The van der Waals surface area contributed by atoms with Crippen molar-refractivity contribution in [2.75, 3.05) is 0 Å². The molecule has 23 heavy (non-hydrogen) atoms. The molecule has 0 saturated carbocycles. The van der Waals surface area contributed by atoms with Gasteiger partial charge >= 0.3 is 0 Å². The summed E-state index contributed by atoms with van der Waals surface area (Å²) < 4.78 is 14.5. The molecule has 5 heteroatoms. The second-order valence-electron chi connectivity index (χ2n) is 7.85. The normalized spacial score (nSPS) is 18.1. The first-order chi connectivity index (χ1) is 10.6. The number of rotatable bonds is 6. The highest BCUT2D eigenvalue weighted by molar-refractivity contribution is 9.10. The van der Waals surface area contributed by atoms with E-state index in [1.807, 2.05) is 13.1 Å². The van der Waals surface area contributed by atoms with Gasteiger partial charge in [0.2, 0.25) is 0 Å². The summed E-state index contributed by atoms with van der Waals surface area (Å²) >= 11 is 3.44. The molecule has 1 unspecified atom stereocenters. The Bertz CT molecular complexity index is 608. The molecule has 1 N–H and O–H groups in total. The second kappa shape index (κ2) is 6.77. The Labute approximate surface area is 147 Å². The van der Waals surface area contributed by atoms with Gasteiger partial charge in [0.25, 0.3) is 0 Å². The van der Waals surface area contributed by atoms with E-state index >= 15 is 0 Å². The first-order valence-electron chi connectivity index (χ1n) is 8.27. The average Bonchev–Trinajstić information content (AvgIpc) is 2.81. The number of fused-ring (bicyclic) bond motifs is 1. The third kappa shape index (κ3) is 3.77. The molecule has 0 saturated heterocycles. The molecule has 1 atom stereocenters. The minimum absolute atomic E-state index is 0.0115. The Morgan fingerprint density at radius 3 is 2.70 bits per heavy atom. The molecule has 2 nitrogen and oxygen atoms in total. The third-order valence-corrected chi connectivity index (χ3v) is 10.1. The van der Waals surface area contributed by atoms with Crippen molar-refractivity contribution < 1.29 is 14.0 Å². The van der Waals surface area contributed by atoms with Crippen LogP contribution in [0.4, 0.5) is 4.39 Å². The largest absolute Gasteiger partial charge is 0.432 e. The van der Waals surface area contributed by atoms with Gasteiger partial charge in [-0.1, -0.05) is 20.3 Å². The number of aryl methyl sites for hydroxylation is 1. The first kappa shape index (κ1) is 18.8. The molecule has 2 rings (SSSR count). The van der Waals surface area contributed by atoms with Crippen LogP contribution in [0.5, 0.6) is 0 Å². The number of halogens is 2. The van der Waals surface area contributed by atoms with Gasteiger partial charge in [-0.25, -0.2) is 4.39 Å². The number of carbonyl (C=O) groups excluding carboxylic acids is 1. The van der Waals surface area contributed by atoms with E-state index in [9.17, 15) is 14.0 Å². The molecule has 0 bridgehead atoms. The molecule has 0 aromatic heterocycles. The summed E-state index contributed by atoms with van der Waals surface area (Å²) in [6, 6.07) is 1.53. The number of benzene rings is 1. The molecule has 1 aliphatic rings. The van der Waals surface area contributed by atoms with Crippen LogP contribution in [0.25, 0.3) is 0 Å². The van der Waals surface area contributed by atoms with E-state index < -0.39 is 14.1 Å². The molecule has 128 valence electrons. The summed E-state index contributed by atoms with van der Waals surface area (Å²) in [7, 11) is -2.17. The lowest BCUT2D eigenvalue weighted by Gasteiger charge is -2.35. The SMILES string of the molecule is CC(C)(CCCC1CCc2cc(F)c(C=O)c(Br)c21)[Si](C)(C)O. The summed E-state index contributed by atoms with van der Waals surface area (Å²) in [4.78, 5) is 21.5. The van der Waals surface area contributed by atoms with Crippen molar-refractivity contribution in [1.82, 2.24) is 0 Å². The lowest BCUT2D eigenvalue weighted by Crippen LogP contribution is -2.38. The van der Waals surface area contributed by atoms with Crippen molar-refractivity contribution >= 4 is 30.5 Å². The van der Waals surface area contributed by atoms with Gasteiger partial charge in [0.15, 0.2) is 14.6 Å². The molecule has 0 fully saturated rings. The molecule has 1 aromatic carbocycles. The summed E-state index contributed by atoms with van der Waals surface area (Å²) in [5.74, 6) is -0.0571. The van der Waals surface area contributed by atoms with Crippen LogP contribution in [-0.4, -0.2) is 19.4 Å². The maximum absolute atomic E-state index is 13.9. The molecule has 0 amide bonds. The zero-order chi connectivity index (χ0) is 17.4. The summed E-state index contributed by atoms with van der Waals surface area (Å²) in [5, 5.41) is -0.0115. The fraction of sp³-hybridized carbons (Fsp3) is 0.611. The molecule has 1 aliphatic carbocycles. The Morgan fingerprint density at radius 2 is 2.13 bits per heavy atom. The van der Waals surface area contributed by atoms with Gasteiger partial charge in [-0.15, -0.1) is 0 Å². The molecule has 1 aromatic rings. The van der Waals surface area contributed by atoms with Gasteiger partial charge in [-0.2, -0.15) is 0 Å². The minimum atomic E-state index is -2.17. The lowest BCUT2D eigenvalue weighted by atomic mass is 9.92. The molecule has 0 heterocycles. The van der Waals surface area contributed by atoms with Crippen LogP contribution in [-0.2, 0) is 6.42 Å². The predicted octanol–water partition coefficient (Wildman–Crippen LogP) is 5.58. The number of aldehydes is 1. The second-order valence-corrected chi connectivity index (χ2v) is 13.1. The quantitative estimate of drug-likeness (QED) is 0.499. The van der Waals surface area contributed by atoms with E-state index in [2.05, 4.69) is 29.8 Å². The van der Waals surface area contributed by atoms with Crippen molar-refractivity contribution in [3.8, 4) is 0 Å². The third-order valence-electron chi connectivity index (χ3n) is 5.68. The smallest absolute Gasteiger partial charge is 0.188 e. The van der Waals surface area contributed by atoms with E-state index in [1.54, 1.807) is 0 Å². The zero-order valence-corrected chi connectivity index (χ0v) is 17.0. The Morgan fingerprint density at radius 1 is 1.48 bits per heavy atom. The monoisotopic (exact) mass is 400 g/mol. The van der Waals surface area contributed by atoms with Crippen molar-refractivity contribution in [2.45, 2.75) is 70.0 Å². The molecular formula is C18H26BrFO2Si. The summed E-state index contributed by atoms with van der Waals surface area (Å²) in [5.41, 5.74) is 2.28. The topological polar surface area (TPSA) is 37.3 Å². The molecular weight excluding hydrogens is 375 g/mol. The number of hydrogen-bond acceptors (Lipinski definition) is 2. The Balaban J connectivity index is 2.11. The van der Waals surface area contributed by atoms with E-state index in [0.29, 0.717) is 16.7 Å². The van der Waals surface area contributed by atoms with Gasteiger partial charge in [0, 0.05) is 4.47 Å². The van der Waals surface area contributed by atoms with Gasteiger partial charge in [0.1, 0.15) is 5.82 Å². The fourth-order valence-electron chi connectivity index (χ4n) is 3.31. The summed E-state index contributed by atoms with van der Waals surface area (Å²) in [6.45, 7) is 8.29. The Kier molecular flexibility index (Phi) is 5.54. The van der Waals surface area contributed by atoms with Crippen LogP contribution in [0.3, 0.4) is 0 Å². The Hall–Kier alpha value is -0.523. The predicted molar refractivity (Wildman–Crippen MR) is 98.1 cm³/mol. The lowest BCUT2D eigenvalue weighted by molar-refractivity contribution is 0.111. The van der Waals surface area contributed by atoms with Crippen molar-refractivity contribution in [3.63, 3.8) is 0 Å². The highest BCUT2D eigenvalue weighted by atomic mass is 79.9. The highest BCUT2D eigenvalue weighted by Gasteiger charge is 2.37.